The van der Waals surface area contributed by atoms with Gasteiger partial charge in [-0.05, 0) is 37.3 Å². The molecule has 1 aromatic heterocycles. The Bertz CT molecular complexity index is 740. The lowest BCUT2D eigenvalue weighted by Crippen LogP contribution is -2.33. The molecular weight excluding hydrogens is 326 g/mol. The monoisotopic (exact) mass is 347 g/mol. The molecule has 1 aliphatic rings. The van der Waals surface area contributed by atoms with Gasteiger partial charge in [0.15, 0.2) is 0 Å². The summed E-state index contributed by atoms with van der Waals surface area (Å²) >= 11 is 6.17. The fraction of sp³-hybridized carbons (Fsp3) is 0.500. The van der Waals surface area contributed by atoms with Crippen LogP contribution in [0.4, 0.5) is 0 Å². The molecule has 1 heterocycles. The van der Waals surface area contributed by atoms with Crippen molar-refractivity contribution in [2.24, 2.45) is 11.8 Å². The largest absolute Gasteiger partial charge is 0.344 e. The van der Waals surface area contributed by atoms with Crippen molar-refractivity contribution in [1.82, 2.24) is 15.5 Å². The number of amides is 1. The number of nitrogens with zero attached hydrogens (tertiary/aromatic N) is 2. The molecule has 0 saturated heterocycles. The first kappa shape index (κ1) is 17.0. The molecule has 0 spiro atoms. The third kappa shape index (κ3) is 3.61. The van der Waals surface area contributed by atoms with Gasteiger partial charge in [0.05, 0.1) is 0 Å². The summed E-state index contributed by atoms with van der Waals surface area (Å²) in [6.45, 7) is 6.10. The summed E-state index contributed by atoms with van der Waals surface area (Å²) in [5, 5.41) is 7.80. The molecule has 0 unspecified atom stereocenters. The molecule has 0 radical (unpaired) electrons. The lowest BCUT2D eigenvalue weighted by Gasteiger charge is -2.20. The van der Waals surface area contributed by atoms with Crippen LogP contribution in [0.2, 0.25) is 5.02 Å². The van der Waals surface area contributed by atoms with Crippen molar-refractivity contribution >= 4 is 17.5 Å². The quantitative estimate of drug-likeness (QED) is 0.845. The van der Waals surface area contributed by atoms with Crippen molar-refractivity contribution in [2.45, 2.75) is 46.1 Å². The van der Waals surface area contributed by atoms with Crippen LogP contribution in [0, 0.1) is 18.8 Å². The number of benzene rings is 1. The number of carbonyl (C=O) groups excluding carboxylic acids is 1. The Labute approximate surface area is 146 Å². The van der Waals surface area contributed by atoms with Gasteiger partial charge in [-0.1, -0.05) is 49.2 Å². The third-order valence-corrected chi connectivity index (χ3v) is 5.00. The molecule has 1 aromatic carbocycles. The Morgan fingerprint density at radius 3 is 2.83 bits per heavy atom. The Morgan fingerprint density at radius 1 is 1.46 bits per heavy atom. The lowest BCUT2D eigenvalue weighted by molar-refractivity contribution is -0.123. The maximum Gasteiger partial charge on any atom is 0.249 e. The van der Waals surface area contributed by atoms with E-state index < -0.39 is 0 Å². The van der Waals surface area contributed by atoms with Crippen LogP contribution in [0.15, 0.2) is 22.7 Å². The van der Waals surface area contributed by atoms with Gasteiger partial charge in [0.25, 0.3) is 0 Å². The fourth-order valence-electron chi connectivity index (χ4n) is 2.51. The Morgan fingerprint density at radius 2 is 2.21 bits per heavy atom. The van der Waals surface area contributed by atoms with Gasteiger partial charge in [-0.15, -0.1) is 0 Å². The second-order valence-corrected chi connectivity index (χ2v) is 6.97. The van der Waals surface area contributed by atoms with Gasteiger partial charge in [0.1, 0.15) is 6.04 Å². The highest BCUT2D eigenvalue weighted by atomic mass is 35.5. The average Bonchev–Trinajstić information content (AvgIpc) is 3.32. The van der Waals surface area contributed by atoms with Gasteiger partial charge < -0.3 is 9.84 Å². The minimum Gasteiger partial charge on any atom is -0.344 e. The molecular formula is C18H22ClN3O2. The Hall–Kier alpha value is -1.88. The number of aryl methyl sites for hydroxylation is 1. The molecule has 3 rings (SSSR count). The molecule has 2 atom stereocenters. The first-order valence-corrected chi connectivity index (χ1v) is 8.78. The first-order chi connectivity index (χ1) is 11.5. The SMILES string of the molecule is CC[C@@H](C)[C@@H](NC(=O)C1CC1)c1nc(-c2ccc(C)c(Cl)c2)no1. The second-order valence-electron chi connectivity index (χ2n) is 6.57. The van der Waals surface area contributed by atoms with Crippen LogP contribution in [0.5, 0.6) is 0 Å². The van der Waals surface area contributed by atoms with Crippen molar-refractivity contribution in [2.75, 3.05) is 0 Å². The highest BCUT2D eigenvalue weighted by molar-refractivity contribution is 6.31. The molecule has 1 N–H and O–H groups in total. The summed E-state index contributed by atoms with van der Waals surface area (Å²) in [6.07, 6.45) is 2.84. The summed E-state index contributed by atoms with van der Waals surface area (Å²) in [4.78, 5) is 16.7. The average molecular weight is 348 g/mol. The molecule has 1 amide bonds. The molecule has 0 bridgehead atoms. The zero-order valence-corrected chi connectivity index (χ0v) is 14.9. The van der Waals surface area contributed by atoms with E-state index in [-0.39, 0.29) is 23.8 Å². The van der Waals surface area contributed by atoms with Gasteiger partial charge in [-0.2, -0.15) is 4.98 Å². The summed E-state index contributed by atoms with van der Waals surface area (Å²) in [5.74, 6) is 1.38. The van der Waals surface area contributed by atoms with Gasteiger partial charge >= 0.3 is 0 Å². The first-order valence-electron chi connectivity index (χ1n) is 8.40. The minimum atomic E-state index is -0.259. The minimum absolute atomic E-state index is 0.0819. The van der Waals surface area contributed by atoms with Gasteiger partial charge in [-0.3, -0.25) is 4.79 Å². The molecule has 5 nitrogen and oxygen atoms in total. The number of halogens is 1. The van der Waals surface area contributed by atoms with Crippen LogP contribution in [0.1, 0.15) is 50.6 Å². The van der Waals surface area contributed by atoms with Crippen LogP contribution >= 0.6 is 11.6 Å². The van der Waals surface area contributed by atoms with E-state index >= 15 is 0 Å². The van der Waals surface area contributed by atoms with E-state index in [1.165, 1.54) is 0 Å². The molecule has 6 heteroatoms. The molecule has 128 valence electrons. The van der Waals surface area contributed by atoms with Gasteiger partial charge in [0, 0.05) is 16.5 Å². The number of rotatable bonds is 6. The van der Waals surface area contributed by atoms with Crippen molar-refractivity contribution in [3.05, 3.63) is 34.7 Å². The van der Waals surface area contributed by atoms with E-state index in [2.05, 4.69) is 29.3 Å². The summed E-state index contributed by atoms with van der Waals surface area (Å²) < 4.78 is 5.46. The molecule has 1 aliphatic carbocycles. The zero-order valence-electron chi connectivity index (χ0n) is 14.2. The van der Waals surface area contributed by atoms with E-state index in [1.807, 2.05) is 25.1 Å². The lowest BCUT2D eigenvalue weighted by atomic mass is 9.98. The normalized spacial score (nSPS) is 16.7. The fourth-order valence-corrected chi connectivity index (χ4v) is 2.69. The number of hydrogen-bond acceptors (Lipinski definition) is 4. The zero-order chi connectivity index (χ0) is 17.3. The van der Waals surface area contributed by atoms with Gasteiger partial charge in [0.2, 0.25) is 17.6 Å². The maximum absolute atomic E-state index is 12.1. The number of nitrogens with one attached hydrogen (secondary N) is 1. The molecule has 24 heavy (non-hydrogen) atoms. The van der Waals surface area contributed by atoms with Crippen molar-refractivity contribution < 1.29 is 9.32 Å². The highest BCUT2D eigenvalue weighted by Crippen LogP contribution is 2.32. The van der Waals surface area contributed by atoms with Crippen molar-refractivity contribution in [1.29, 1.82) is 0 Å². The number of aromatic nitrogens is 2. The summed E-state index contributed by atoms with van der Waals surface area (Å²) in [6, 6.07) is 5.41. The van der Waals surface area contributed by atoms with E-state index in [9.17, 15) is 4.79 Å². The Kier molecular flexibility index (Phi) is 4.90. The second kappa shape index (κ2) is 6.93. The van der Waals surface area contributed by atoms with Crippen LogP contribution in [0.3, 0.4) is 0 Å². The molecule has 2 aromatic rings. The predicted octanol–water partition coefficient (Wildman–Crippen LogP) is 4.31. The standard InChI is InChI=1S/C18H22ClN3O2/c1-4-10(2)15(20-17(23)12-7-8-12)18-21-16(22-24-18)13-6-5-11(3)14(19)9-13/h5-6,9-10,12,15H,4,7-8H2,1-3H3,(H,20,23)/t10-,15-/m1/s1. The van der Waals surface area contributed by atoms with Crippen LogP contribution < -0.4 is 5.32 Å². The highest BCUT2D eigenvalue weighted by Gasteiger charge is 2.34. The smallest absolute Gasteiger partial charge is 0.249 e. The molecule has 1 fully saturated rings. The predicted molar refractivity (Wildman–Crippen MR) is 92.5 cm³/mol. The molecule has 1 saturated carbocycles. The number of hydrogen-bond donors (Lipinski definition) is 1. The topological polar surface area (TPSA) is 68.0 Å². The summed E-state index contributed by atoms with van der Waals surface area (Å²) in [7, 11) is 0. The van der Waals surface area contributed by atoms with Gasteiger partial charge in [-0.25, -0.2) is 0 Å². The van der Waals surface area contributed by atoms with Crippen LogP contribution in [-0.2, 0) is 4.79 Å². The van der Waals surface area contributed by atoms with Crippen LogP contribution in [-0.4, -0.2) is 16.0 Å². The van der Waals surface area contributed by atoms with Crippen molar-refractivity contribution in [3.8, 4) is 11.4 Å². The number of carbonyl (C=O) groups is 1. The third-order valence-electron chi connectivity index (χ3n) is 4.60. The van der Waals surface area contributed by atoms with E-state index in [0.717, 1.165) is 30.4 Å². The van der Waals surface area contributed by atoms with E-state index in [0.29, 0.717) is 16.7 Å². The molecule has 0 aliphatic heterocycles. The van der Waals surface area contributed by atoms with E-state index in [1.54, 1.807) is 0 Å². The summed E-state index contributed by atoms with van der Waals surface area (Å²) in [5.41, 5.74) is 1.80. The van der Waals surface area contributed by atoms with E-state index in [4.69, 9.17) is 16.1 Å². The van der Waals surface area contributed by atoms with Crippen molar-refractivity contribution in [3.63, 3.8) is 0 Å². The maximum atomic E-state index is 12.1. The Balaban J connectivity index is 1.84. The van der Waals surface area contributed by atoms with Crippen LogP contribution in [0.25, 0.3) is 11.4 Å².